The van der Waals surface area contributed by atoms with Gasteiger partial charge >= 0.3 is 0 Å². The molecule has 1 aliphatic rings. The Labute approximate surface area is 127 Å². The summed E-state index contributed by atoms with van der Waals surface area (Å²) in [5, 5.41) is 3.13. The Hall–Kier alpha value is -1.71. The molecule has 1 aromatic rings. The van der Waals surface area contributed by atoms with E-state index in [0.717, 1.165) is 19.3 Å². The highest BCUT2D eigenvalue weighted by molar-refractivity contribution is 5.95. The van der Waals surface area contributed by atoms with Crippen molar-refractivity contribution in [2.24, 2.45) is 0 Å². The van der Waals surface area contributed by atoms with Crippen LogP contribution in [0.25, 0.3) is 0 Å². The van der Waals surface area contributed by atoms with Crippen molar-refractivity contribution in [1.29, 1.82) is 0 Å². The van der Waals surface area contributed by atoms with Crippen LogP contribution in [0.3, 0.4) is 0 Å². The molecule has 1 aromatic carbocycles. The molecule has 0 aliphatic heterocycles. The van der Waals surface area contributed by atoms with Gasteiger partial charge in [-0.1, -0.05) is 32.6 Å². The molecule has 2 rings (SSSR count). The highest BCUT2D eigenvalue weighted by Gasteiger charge is 2.16. The molecule has 0 heterocycles. The van der Waals surface area contributed by atoms with Gasteiger partial charge in [0.25, 0.3) is 5.91 Å². The molecule has 1 aliphatic carbocycles. The topological polar surface area (TPSA) is 64.3 Å². The number of hydrogen-bond acceptors (Lipinski definition) is 3. The van der Waals surface area contributed by atoms with Gasteiger partial charge < -0.3 is 15.8 Å². The number of benzene rings is 1. The second-order valence-electron chi connectivity index (χ2n) is 5.76. The second-order valence-corrected chi connectivity index (χ2v) is 5.76. The molecule has 0 radical (unpaired) electrons. The van der Waals surface area contributed by atoms with Gasteiger partial charge in [-0.15, -0.1) is 0 Å². The van der Waals surface area contributed by atoms with E-state index in [0.29, 0.717) is 29.6 Å². The molecule has 0 unspecified atom stereocenters. The number of carbonyl (C=O) groups is 1. The summed E-state index contributed by atoms with van der Waals surface area (Å²) in [4.78, 5) is 12.3. The van der Waals surface area contributed by atoms with Crippen molar-refractivity contribution in [2.45, 2.75) is 57.9 Å². The average Bonchev–Trinajstić information content (AvgIpc) is 2.74. The second kappa shape index (κ2) is 7.91. The summed E-state index contributed by atoms with van der Waals surface area (Å²) in [6, 6.07) is 5.58. The number of amides is 1. The lowest BCUT2D eigenvalue weighted by Gasteiger charge is -2.16. The van der Waals surface area contributed by atoms with Crippen LogP contribution in [0, 0.1) is 0 Å². The Bertz CT molecular complexity index is 466. The summed E-state index contributed by atoms with van der Waals surface area (Å²) in [5.74, 6) is 0.624. The first-order valence-corrected chi connectivity index (χ1v) is 8.04. The standard InChI is InChI=1S/C17H26N2O2/c1-2-11-21-16-10-9-13(12-15(16)18)17(20)19-14-7-5-3-4-6-8-14/h9-10,12,14H,2-8,11,18H2,1H3,(H,19,20). The van der Waals surface area contributed by atoms with E-state index >= 15 is 0 Å². The summed E-state index contributed by atoms with van der Waals surface area (Å²) < 4.78 is 5.53. The van der Waals surface area contributed by atoms with Crippen LogP contribution in [0.1, 0.15) is 62.2 Å². The van der Waals surface area contributed by atoms with Crippen LogP contribution in [0.2, 0.25) is 0 Å². The Kier molecular flexibility index (Phi) is 5.90. The molecule has 21 heavy (non-hydrogen) atoms. The summed E-state index contributed by atoms with van der Waals surface area (Å²) in [5.41, 5.74) is 7.09. The number of ether oxygens (including phenoxy) is 1. The van der Waals surface area contributed by atoms with Crippen molar-refractivity contribution in [3.8, 4) is 5.75 Å². The molecule has 0 bridgehead atoms. The molecule has 0 saturated heterocycles. The van der Waals surface area contributed by atoms with Crippen molar-refractivity contribution in [3.63, 3.8) is 0 Å². The molecule has 0 spiro atoms. The van der Waals surface area contributed by atoms with Gasteiger partial charge in [0.15, 0.2) is 0 Å². The zero-order valence-electron chi connectivity index (χ0n) is 12.9. The van der Waals surface area contributed by atoms with E-state index in [1.54, 1.807) is 18.2 Å². The van der Waals surface area contributed by atoms with Crippen LogP contribution in [0.15, 0.2) is 18.2 Å². The van der Waals surface area contributed by atoms with Crippen molar-refractivity contribution in [1.82, 2.24) is 5.32 Å². The third-order valence-electron chi connectivity index (χ3n) is 3.92. The third kappa shape index (κ3) is 4.66. The van der Waals surface area contributed by atoms with E-state index in [9.17, 15) is 4.79 Å². The minimum Gasteiger partial charge on any atom is -0.491 e. The number of anilines is 1. The maximum atomic E-state index is 12.3. The fraction of sp³-hybridized carbons (Fsp3) is 0.588. The van der Waals surface area contributed by atoms with Gasteiger partial charge in [-0.3, -0.25) is 4.79 Å². The first-order chi connectivity index (χ1) is 10.2. The lowest BCUT2D eigenvalue weighted by molar-refractivity contribution is 0.0933. The molecule has 4 heteroatoms. The minimum atomic E-state index is -0.0318. The van der Waals surface area contributed by atoms with Crippen molar-refractivity contribution >= 4 is 11.6 Å². The first-order valence-electron chi connectivity index (χ1n) is 8.04. The average molecular weight is 290 g/mol. The van der Waals surface area contributed by atoms with Gasteiger partial charge in [0.2, 0.25) is 0 Å². The normalized spacial score (nSPS) is 16.2. The predicted molar refractivity (Wildman–Crippen MR) is 85.6 cm³/mol. The largest absolute Gasteiger partial charge is 0.491 e. The summed E-state index contributed by atoms with van der Waals surface area (Å²) >= 11 is 0. The molecular weight excluding hydrogens is 264 g/mol. The monoisotopic (exact) mass is 290 g/mol. The fourth-order valence-electron chi connectivity index (χ4n) is 2.73. The number of carbonyl (C=O) groups excluding carboxylic acids is 1. The number of rotatable bonds is 5. The van der Waals surface area contributed by atoms with Crippen molar-refractivity contribution in [3.05, 3.63) is 23.8 Å². The fourth-order valence-corrected chi connectivity index (χ4v) is 2.73. The van der Waals surface area contributed by atoms with E-state index in [2.05, 4.69) is 5.32 Å². The Balaban J connectivity index is 1.96. The molecule has 1 amide bonds. The number of nitrogens with two attached hydrogens (primary N) is 1. The smallest absolute Gasteiger partial charge is 0.251 e. The molecule has 3 N–H and O–H groups in total. The maximum absolute atomic E-state index is 12.3. The summed E-state index contributed by atoms with van der Waals surface area (Å²) in [7, 11) is 0. The molecule has 0 aromatic heterocycles. The van der Waals surface area contributed by atoms with Gasteiger partial charge in [-0.05, 0) is 37.5 Å². The lowest BCUT2D eigenvalue weighted by atomic mass is 10.1. The van der Waals surface area contributed by atoms with Crippen LogP contribution in [0.5, 0.6) is 5.75 Å². The predicted octanol–water partition coefficient (Wildman–Crippen LogP) is 3.51. The van der Waals surface area contributed by atoms with E-state index in [1.807, 2.05) is 6.92 Å². The van der Waals surface area contributed by atoms with Crippen LogP contribution in [-0.2, 0) is 0 Å². The SMILES string of the molecule is CCCOc1ccc(C(=O)NC2CCCCCC2)cc1N. The maximum Gasteiger partial charge on any atom is 0.251 e. The number of hydrogen-bond donors (Lipinski definition) is 2. The van der Waals surface area contributed by atoms with Crippen molar-refractivity contribution in [2.75, 3.05) is 12.3 Å². The molecule has 1 saturated carbocycles. The van der Waals surface area contributed by atoms with Gasteiger partial charge in [0.05, 0.1) is 12.3 Å². The Morgan fingerprint density at radius 1 is 1.29 bits per heavy atom. The van der Waals surface area contributed by atoms with Crippen LogP contribution < -0.4 is 15.8 Å². The van der Waals surface area contributed by atoms with E-state index in [4.69, 9.17) is 10.5 Å². The number of nitrogen functional groups attached to an aromatic ring is 1. The van der Waals surface area contributed by atoms with Crippen LogP contribution >= 0.6 is 0 Å². The third-order valence-corrected chi connectivity index (χ3v) is 3.92. The van der Waals surface area contributed by atoms with Crippen molar-refractivity contribution < 1.29 is 9.53 Å². The van der Waals surface area contributed by atoms with Gasteiger partial charge in [0, 0.05) is 11.6 Å². The van der Waals surface area contributed by atoms with Gasteiger partial charge in [-0.2, -0.15) is 0 Å². The first kappa shape index (κ1) is 15.7. The highest BCUT2D eigenvalue weighted by Crippen LogP contribution is 2.23. The number of nitrogens with one attached hydrogen (secondary N) is 1. The summed E-state index contributed by atoms with van der Waals surface area (Å²) in [6.07, 6.45) is 8.07. The van der Waals surface area contributed by atoms with Gasteiger partial charge in [-0.25, -0.2) is 0 Å². The molecule has 4 nitrogen and oxygen atoms in total. The lowest BCUT2D eigenvalue weighted by Crippen LogP contribution is -2.34. The van der Waals surface area contributed by atoms with Crippen LogP contribution in [-0.4, -0.2) is 18.6 Å². The van der Waals surface area contributed by atoms with E-state index < -0.39 is 0 Å². The van der Waals surface area contributed by atoms with E-state index in [-0.39, 0.29) is 5.91 Å². The summed E-state index contributed by atoms with van der Waals surface area (Å²) in [6.45, 7) is 2.68. The Morgan fingerprint density at radius 2 is 2.00 bits per heavy atom. The zero-order valence-corrected chi connectivity index (χ0v) is 12.9. The molecule has 1 fully saturated rings. The highest BCUT2D eigenvalue weighted by atomic mass is 16.5. The molecular formula is C17H26N2O2. The molecule has 0 atom stereocenters. The quantitative estimate of drug-likeness (QED) is 0.644. The van der Waals surface area contributed by atoms with Gasteiger partial charge in [0.1, 0.15) is 5.75 Å². The van der Waals surface area contributed by atoms with E-state index in [1.165, 1.54) is 25.7 Å². The zero-order chi connectivity index (χ0) is 15.1. The Morgan fingerprint density at radius 3 is 2.62 bits per heavy atom. The van der Waals surface area contributed by atoms with Crippen LogP contribution in [0.4, 0.5) is 5.69 Å². The molecule has 116 valence electrons. The minimum absolute atomic E-state index is 0.0318.